The van der Waals surface area contributed by atoms with Gasteiger partial charge in [0.05, 0.1) is 20.8 Å². The van der Waals surface area contributed by atoms with Gasteiger partial charge in [0.15, 0.2) is 11.5 Å². The Bertz CT molecular complexity index is 853. The van der Waals surface area contributed by atoms with Crippen LogP contribution in [0.4, 0.5) is 0 Å². The molecule has 0 radical (unpaired) electrons. The maximum Gasteiger partial charge on any atom is 0.271 e. The van der Waals surface area contributed by atoms with E-state index in [1.54, 1.807) is 37.3 Å². The molecule has 1 heterocycles. The highest BCUT2D eigenvalue weighted by Crippen LogP contribution is 2.33. The van der Waals surface area contributed by atoms with Crippen molar-refractivity contribution in [1.29, 1.82) is 0 Å². The number of rotatable bonds is 3. The standard InChI is InChI=1S/C16H11Cl3N2O3/c1-8(10-3-4-11(17)15(19)14(10)18)20-21-16(22)9-2-5-12-13(6-9)24-7-23-12/h2-6H,7H2,1H3,(H,21,22)/b20-8+. The summed E-state index contributed by atoms with van der Waals surface area (Å²) in [5.74, 6) is 0.744. The van der Waals surface area contributed by atoms with Gasteiger partial charge >= 0.3 is 0 Å². The molecule has 5 nitrogen and oxygen atoms in total. The monoisotopic (exact) mass is 384 g/mol. The lowest BCUT2D eigenvalue weighted by Crippen LogP contribution is -2.19. The van der Waals surface area contributed by atoms with E-state index in [4.69, 9.17) is 44.3 Å². The van der Waals surface area contributed by atoms with Crippen LogP contribution >= 0.6 is 34.8 Å². The second-order valence-electron chi connectivity index (χ2n) is 4.93. The van der Waals surface area contributed by atoms with E-state index in [0.717, 1.165) is 0 Å². The zero-order chi connectivity index (χ0) is 17.3. The topological polar surface area (TPSA) is 59.9 Å². The van der Waals surface area contributed by atoms with Gasteiger partial charge in [-0.15, -0.1) is 0 Å². The van der Waals surface area contributed by atoms with E-state index in [2.05, 4.69) is 10.5 Å². The molecule has 1 amide bonds. The van der Waals surface area contributed by atoms with Crippen molar-refractivity contribution in [2.45, 2.75) is 6.92 Å². The van der Waals surface area contributed by atoms with E-state index in [0.29, 0.717) is 33.4 Å². The number of nitrogens with one attached hydrogen (secondary N) is 1. The summed E-state index contributed by atoms with van der Waals surface area (Å²) >= 11 is 18.1. The smallest absolute Gasteiger partial charge is 0.271 e. The summed E-state index contributed by atoms with van der Waals surface area (Å²) in [5, 5.41) is 4.93. The van der Waals surface area contributed by atoms with Gasteiger partial charge in [-0.1, -0.05) is 40.9 Å². The average Bonchev–Trinajstić information content (AvgIpc) is 3.05. The summed E-state index contributed by atoms with van der Waals surface area (Å²) in [4.78, 5) is 12.2. The first-order chi connectivity index (χ1) is 11.5. The van der Waals surface area contributed by atoms with Crippen molar-refractivity contribution in [1.82, 2.24) is 5.43 Å². The minimum atomic E-state index is -0.385. The van der Waals surface area contributed by atoms with Crippen LogP contribution in [-0.4, -0.2) is 18.4 Å². The molecule has 3 rings (SSSR count). The zero-order valence-electron chi connectivity index (χ0n) is 12.4. The third-order valence-electron chi connectivity index (χ3n) is 3.38. The minimum absolute atomic E-state index is 0.146. The first-order valence-corrected chi connectivity index (χ1v) is 7.99. The highest BCUT2D eigenvalue weighted by Gasteiger charge is 2.16. The second kappa shape index (κ2) is 6.89. The third-order valence-corrected chi connectivity index (χ3v) is 4.68. The fourth-order valence-corrected chi connectivity index (χ4v) is 2.77. The lowest BCUT2D eigenvalue weighted by atomic mass is 10.1. The maximum atomic E-state index is 12.2. The molecular weight excluding hydrogens is 375 g/mol. The lowest BCUT2D eigenvalue weighted by Gasteiger charge is -2.07. The molecule has 0 fully saturated rings. The molecule has 0 aromatic heterocycles. The van der Waals surface area contributed by atoms with Crippen LogP contribution in [0.2, 0.25) is 15.1 Å². The quantitative estimate of drug-likeness (QED) is 0.480. The van der Waals surface area contributed by atoms with Gasteiger partial charge in [-0.2, -0.15) is 5.10 Å². The van der Waals surface area contributed by atoms with Crippen LogP contribution in [0, 0.1) is 0 Å². The van der Waals surface area contributed by atoms with Crippen LogP contribution in [-0.2, 0) is 0 Å². The number of hydrogen-bond acceptors (Lipinski definition) is 4. The van der Waals surface area contributed by atoms with Crippen LogP contribution in [0.25, 0.3) is 0 Å². The molecule has 0 unspecified atom stereocenters. The van der Waals surface area contributed by atoms with Crippen molar-refractivity contribution in [3.05, 3.63) is 56.5 Å². The highest BCUT2D eigenvalue weighted by molar-refractivity contribution is 6.49. The van der Waals surface area contributed by atoms with Crippen LogP contribution in [0.5, 0.6) is 11.5 Å². The summed E-state index contributed by atoms with van der Waals surface area (Å²) in [6.45, 7) is 1.85. The van der Waals surface area contributed by atoms with Crippen LogP contribution < -0.4 is 14.9 Å². The number of hydrazone groups is 1. The summed E-state index contributed by atoms with van der Waals surface area (Å²) in [7, 11) is 0. The van der Waals surface area contributed by atoms with Gasteiger partial charge < -0.3 is 9.47 Å². The molecule has 1 aliphatic rings. The van der Waals surface area contributed by atoms with Crippen molar-refractivity contribution >= 4 is 46.4 Å². The Kier molecular flexibility index (Phi) is 4.85. The van der Waals surface area contributed by atoms with E-state index in [1.807, 2.05) is 0 Å². The molecule has 124 valence electrons. The van der Waals surface area contributed by atoms with E-state index < -0.39 is 0 Å². The molecule has 0 aliphatic carbocycles. The fourth-order valence-electron chi connectivity index (χ4n) is 2.10. The highest BCUT2D eigenvalue weighted by atomic mass is 35.5. The lowest BCUT2D eigenvalue weighted by molar-refractivity contribution is 0.0954. The molecular formula is C16H11Cl3N2O3. The van der Waals surface area contributed by atoms with Crippen molar-refractivity contribution in [2.75, 3.05) is 6.79 Å². The molecule has 0 atom stereocenters. The molecule has 0 spiro atoms. The predicted octanol–water partition coefficient (Wildman–Crippen LogP) is 4.53. The van der Waals surface area contributed by atoms with Crippen LogP contribution in [0.15, 0.2) is 35.4 Å². The zero-order valence-corrected chi connectivity index (χ0v) is 14.7. The number of ether oxygens (including phenoxy) is 2. The predicted molar refractivity (Wildman–Crippen MR) is 93.7 cm³/mol. The summed E-state index contributed by atoms with van der Waals surface area (Å²) in [6, 6.07) is 8.18. The average molecular weight is 386 g/mol. The number of benzene rings is 2. The Morgan fingerprint density at radius 1 is 1.08 bits per heavy atom. The molecule has 0 bridgehead atoms. The molecule has 0 saturated carbocycles. The fraction of sp³-hybridized carbons (Fsp3) is 0.125. The van der Waals surface area contributed by atoms with Gasteiger partial charge in [0.25, 0.3) is 5.91 Å². The largest absolute Gasteiger partial charge is 0.454 e. The Labute approximate surface area is 153 Å². The van der Waals surface area contributed by atoms with Crippen molar-refractivity contribution in [3.8, 4) is 11.5 Å². The summed E-state index contributed by atoms with van der Waals surface area (Å²) in [6.07, 6.45) is 0. The molecule has 24 heavy (non-hydrogen) atoms. The van der Waals surface area contributed by atoms with E-state index in [1.165, 1.54) is 0 Å². The van der Waals surface area contributed by atoms with Gasteiger partial charge in [-0.05, 0) is 31.2 Å². The normalized spacial score (nSPS) is 13.1. The maximum absolute atomic E-state index is 12.2. The van der Waals surface area contributed by atoms with Gasteiger partial charge in [-0.3, -0.25) is 4.79 Å². The molecule has 1 N–H and O–H groups in total. The van der Waals surface area contributed by atoms with Gasteiger partial charge in [0, 0.05) is 11.1 Å². The van der Waals surface area contributed by atoms with Gasteiger partial charge in [0.1, 0.15) is 0 Å². The first-order valence-electron chi connectivity index (χ1n) is 6.85. The van der Waals surface area contributed by atoms with Crippen molar-refractivity contribution in [2.24, 2.45) is 5.10 Å². The van der Waals surface area contributed by atoms with Crippen LogP contribution in [0.1, 0.15) is 22.8 Å². The third kappa shape index (κ3) is 3.29. The van der Waals surface area contributed by atoms with E-state index in [-0.39, 0.29) is 22.7 Å². The SMILES string of the molecule is C/C(=N\NC(=O)c1ccc2c(c1)OCO2)c1ccc(Cl)c(Cl)c1Cl. The number of carbonyl (C=O) groups is 1. The van der Waals surface area contributed by atoms with Gasteiger partial charge in [0.2, 0.25) is 6.79 Å². The van der Waals surface area contributed by atoms with Crippen LogP contribution in [0.3, 0.4) is 0 Å². The summed E-state index contributed by atoms with van der Waals surface area (Å²) < 4.78 is 10.4. The van der Waals surface area contributed by atoms with E-state index >= 15 is 0 Å². The molecule has 2 aromatic carbocycles. The number of nitrogens with zero attached hydrogens (tertiary/aromatic N) is 1. The molecule has 8 heteroatoms. The Morgan fingerprint density at radius 3 is 2.62 bits per heavy atom. The number of fused-ring (bicyclic) bond motifs is 1. The number of hydrogen-bond donors (Lipinski definition) is 1. The number of halogens is 3. The Hall–Kier alpha value is -1.95. The van der Waals surface area contributed by atoms with Gasteiger partial charge in [-0.25, -0.2) is 5.43 Å². The first kappa shape index (κ1) is 16.9. The second-order valence-corrected chi connectivity index (χ2v) is 6.09. The minimum Gasteiger partial charge on any atom is -0.454 e. The van der Waals surface area contributed by atoms with Crippen molar-refractivity contribution in [3.63, 3.8) is 0 Å². The number of carbonyl (C=O) groups excluding carboxylic acids is 1. The van der Waals surface area contributed by atoms with Crippen molar-refractivity contribution < 1.29 is 14.3 Å². The molecule has 1 aliphatic heterocycles. The summed E-state index contributed by atoms with van der Waals surface area (Å²) in [5.41, 5.74) is 3.94. The Morgan fingerprint density at radius 2 is 1.83 bits per heavy atom. The Balaban J connectivity index is 1.77. The number of amides is 1. The molecule has 2 aromatic rings. The van der Waals surface area contributed by atoms with E-state index in [9.17, 15) is 4.79 Å². The molecule has 0 saturated heterocycles.